The largest absolute Gasteiger partial charge is 0.465 e. The van der Waals surface area contributed by atoms with Crippen LogP contribution in [0.25, 0.3) is 0 Å². The van der Waals surface area contributed by atoms with Crippen molar-refractivity contribution in [2.45, 2.75) is 111 Å². The van der Waals surface area contributed by atoms with Gasteiger partial charge in [0.15, 0.2) is 0 Å². The lowest BCUT2D eigenvalue weighted by molar-refractivity contribution is -0.162. The van der Waals surface area contributed by atoms with Crippen LogP contribution in [0.2, 0.25) is 0 Å². The van der Waals surface area contributed by atoms with Gasteiger partial charge in [-0.2, -0.15) is 0 Å². The lowest BCUT2D eigenvalue weighted by Crippen LogP contribution is -2.55. The van der Waals surface area contributed by atoms with Gasteiger partial charge in [0.2, 0.25) is 0 Å². The Hall–Kier alpha value is -0.690. The van der Waals surface area contributed by atoms with Crippen LogP contribution in [0.1, 0.15) is 86.5 Å². The molecule has 3 aliphatic carbocycles. The second-order valence-corrected chi connectivity index (χ2v) is 13.5. The summed E-state index contributed by atoms with van der Waals surface area (Å²) in [5, 5.41) is 43.2. The topological polar surface area (TPSA) is 107 Å². The highest BCUT2D eigenvalue weighted by molar-refractivity contribution is 5.74. The van der Waals surface area contributed by atoms with E-state index in [2.05, 4.69) is 41.5 Å². The number of carbonyl (C=O) groups is 1. The predicted octanol–water partition coefficient (Wildman–Crippen LogP) is 3.78. The van der Waals surface area contributed by atoms with Gasteiger partial charge in [-0.25, -0.2) is 0 Å². The number of fused-ring (bicyclic) bond motifs is 5. The third-order valence-electron chi connectivity index (χ3n) is 11.7. The van der Waals surface area contributed by atoms with Crippen molar-refractivity contribution in [1.29, 1.82) is 0 Å². The van der Waals surface area contributed by atoms with Gasteiger partial charge in [-0.05, 0) is 90.8 Å². The third-order valence-corrected chi connectivity index (χ3v) is 11.7. The minimum absolute atomic E-state index is 0.00679. The number of ether oxygens (including phenoxy) is 1. The van der Waals surface area contributed by atoms with Crippen molar-refractivity contribution in [2.24, 2.45) is 58.2 Å². The van der Waals surface area contributed by atoms with Gasteiger partial charge in [-0.1, -0.05) is 48.0 Å². The van der Waals surface area contributed by atoms with Gasteiger partial charge in [0.05, 0.1) is 36.9 Å². The fourth-order valence-corrected chi connectivity index (χ4v) is 9.60. The monoisotopic (exact) mass is 494 g/mol. The van der Waals surface area contributed by atoms with E-state index in [1.165, 1.54) is 0 Å². The van der Waals surface area contributed by atoms with Gasteiger partial charge < -0.3 is 25.2 Å². The summed E-state index contributed by atoms with van der Waals surface area (Å²) < 4.78 is 5.88. The van der Waals surface area contributed by atoms with Gasteiger partial charge in [-0.3, -0.25) is 4.79 Å². The number of hydrogen-bond acceptors (Lipinski definition) is 6. The third kappa shape index (κ3) is 4.38. The average Bonchev–Trinajstić information content (AvgIpc) is 3.11. The number of cyclic esters (lactones) is 1. The zero-order valence-electron chi connectivity index (χ0n) is 22.7. The molecule has 1 saturated heterocycles. The fourth-order valence-electron chi connectivity index (χ4n) is 9.60. The first kappa shape index (κ1) is 27.3. The van der Waals surface area contributed by atoms with Crippen LogP contribution in [0.3, 0.4) is 0 Å². The number of carbonyl (C=O) groups excluding carboxylic acids is 1. The molecule has 7 unspecified atom stereocenters. The number of hydrogen-bond donors (Lipinski definition) is 4. The van der Waals surface area contributed by atoms with Gasteiger partial charge in [-0.15, -0.1) is 0 Å². The Kier molecular flexibility index (Phi) is 7.72. The van der Waals surface area contributed by atoms with Crippen LogP contribution in [0.5, 0.6) is 0 Å². The second-order valence-electron chi connectivity index (χ2n) is 13.5. The highest BCUT2D eigenvalue weighted by Crippen LogP contribution is 2.66. The highest BCUT2D eigenvalue weighted by atomic mass is 16.5. The number of aliphatic hydroxyl groups is 4. The van der Waals surface area contributed by atoms with E-state index in [0.717, 1.165) is 32.1 Å². The summed E-state index contributed by atoms with van der Waals surface area (Å²) in [4.78, 5) is 13.0. The van der Waals surface area contributed by atoms with E-state index >= 15 is 0 Å². The smallest absolute Gasteiger partial charge is 0.309 e. The molecule has 4 N–H and O–H groups in total. The molecule has 4 fully saturated rings. The van der Waals surface area contributed by atoms with Gasteiger partial charge in [0.1, 0.15) is 0 Å². The molecule has 0 aromatic heterocycles. The van der Waals surface area contributed by atoms with Crippen molar-refractivity contribution in [1.82, 2.24) is 0 Å². The maximum Gasteiger partial charge on any atom is 0.309 e. The number of esters is 1. The molecule has 0 aromatic rings. The first-order chi connectivity index (χ1) is 16.4. The zero-order chi connectivity index (χ0) is 25.9. The predicted molar refractivity (Wildman–Crippen MR) is 134 cm³/mol. The van der Waals surface area contributed by atoms with Crippen molar-refractivity contribution in [2.75, 3.05) is 6.61 Å². The Bertz CT molecular complexity index is 770. The van der Waals surface area contributed by atoms with Crippen molar-refractivity contribution in [3.8, 4) is 0 Å². The maximum absolute atomic E-state index is 13.0. The molecular formula is C29H50O6. The van der Waals surface area contributed by atoms with Crippen LogP contribution in [0.4, 0.5) is 0 Å². The van der Waals surface area contributed by atoms with Gasteiger partial charge in [0, 0.05) is 0 Å². The summed E-state index contributed by atoms with van der Waals surface area (Å²) >= 11 is 0. The molecule has 35 heavy (non-hydrogen) atoms. The van der Waals surface area contributed by atoms with Crippen LogP contribution >= 0.6 is 0 Å². The molecule has 3 saturated carbocycles. The zero-order valence-corrected chi connectivity index (χ0v) is 22.7. The van der Waals surface area contributed by atoms with E-state index in [9.17, 15) is 25.2 Å². The Morgan fingerprint density at radius 2 is 1.63 bits per heavy atom. The average molecular weight is 495 g/mol. The molecule has 0 radical (unpaired) electrons. The minimum Gasteiger partial charge on any atom is -0.465 e. The van der Waals surface area contributed by atoms with Crippen molar-refractivity contribution in [3.63, 3.8) is 0 Å². The fraction of sp³-hybridized carbons (Fsp3) is 0.966. The van der Waals surface area contributed by atoms with Crippen molar-refractivity contribution < 1.29 is 30.0 Å². The molecule has 6 heteroatoms. The van der Waals surface area contributed by atoms with Crippen LogP contribution in [0, 0.1) is 58.2 Å². The first-order valence-corrected chi connectivity index (χ1v) is 14.3. The lowest BCUT2D eigenvalue weighted by atomic mass is 9.48. The summed E-state index contributed by atoms with van der Waals surface area (Å²) in [6, 6.07) is 0. The van der Waals surface area contributed by atoms with Crippen LogP contribution in [-0.2, 0) is 9.53 Å². The molecule has 0 spiro atoms. The molecule has 4 aliphatic rings. The standard InChI is InChI=1S/C29H50O6/c1-7-17(15(2)3)26(33)25(32)16(4)19-8-9-20-18-14-35-27(34)22-12-23(30)24(31)13-29(22,6)21(18)10-11-28(19,20)5/h15-26,30-33H,7-14H2,1-6H3/t16?,17?,18-,19?,20+,21-,22+,23?,24?,25?,26?,28-,29-/m1/s1. The Morgan fingerprint density at radius 3 is 2.26 bits per heavy atom. The van der Waals surface area contributed by atoms with E-state index in [0.29, 0.717) is 30.8 Å². The van der Waals surface area contributed by atoms with Gasteiger partial charge >= 0.3 is 5.97 Å². The summed E-state index contributed by atoms with van der Waals surface area (Å²) in [5.74, 6) is 1.01. The summed E-state index contributed by atoms with van der Waals surface area (Å²) in [5.41, 5.74) is -0.348. The van der Waals surface area contributed by atoms with E-state index in [4.69, 9.17) is 4.74 Å². The molecule has 1 heterocycles. The van der Waals surface area contributed by atoms with Gasteiger partial charge in [0.25, 0.3) is 0 Å². The minimum atomic E-state index is -0.867. The first-order valence-electron chi connectivity index (χ1n) is 14.3. The van der Waals surface area contributed by atoms with Crippen molar-refractivity contribution in [3.05, 3.63) is 0 Å². The summed E-state index contributed by atoms with van der Waals surface area (Å²) in [7, 11) is 0. The molecule has 0 amide bonds. The van der Waals surface area contributed by atoms with Crippen LogP contribution in [-0.4, -0.2) is 57.4 Å². The van der Waals surface area contributed by atoms with E-state index in [1.54, 1.807) is 0 Å². The van der Waals surface area contributed by atoms with E-state index in [1.807, 2.05) is 0 Å². The molecular weight excluding hydrogens is 444 g/mol. The SMILES string of the molecule is CCC(C(C)C)C(O)C(O)C(C)C1CC[C@H]2[C@H]3COC(=O)[C@@H]4CC(O)C(O)C[C@]4(C)[C@@H]3CC[C@]12C. The molecule has 202 valence electrons. The number of rotatable bonds is 6. The summed E-state index contributed by atoms with van der Waals surface area (Å²) in [6.45, 7) is 13.4. The molecule has 13 atom stereocenters. The quantitative estimate of drug-likeness (QED) is 0.419. The number of aliphatic hydroxyl groups excluding tert-OH is 4. The van der Waals surface area contributed by atoms with E-state index in [-0.39, 0.29) is 52.8 Å². The lowest BCUT2D eigenvalue weighted by Gasteiger charge is -2.56. The molecule has 0 aromatic carbocycles. The van der Waals surface area contributed by atoms with Crippen LogP contribution < -0.4 is 0 Å². The van der Waals surface area contributed by atoms with Crippen molar-refractivity contribution >= 4 is 5.97 Å². The van der Waals surface area contributed by atoms with E-state index < -0.39 is 24.4 Å². The Labute approximate surface area is 211 Å². The van der Waals surface area contributed by atoms with Crippen LogP contribution in [0.15, 0.2) is 0 Å². The summed E-state index contributed by atoms with van der Waals surface area (Å²) in [6.07, 6.45) is 2.49. The molecule has 0 bridgehead atoms. The Morgan fingerprint density at radius 1 is 0.971 bits per heavy atom. The molecule has 1 aliphatic heterocycles. The molecule has 4 rings (SSSR count). The Balaban J connectivity index is 1.57. The highest BCUT2D eigenvalue weighted by Gasteiger charge is 2.63. The normalized spacial score (nSPS) is 47.1. The second kappa shape index (κ2) is 9.89. The molecule has 6 nitrogen and oxygen atoms in total. The maximum atomic E-state index is 13.0.